The molecule has 4 N–H and O–H groups in total. The lowest BCUT2D eigenvalue weighted by molar-refractivity contribution is 0.372. The maximum absolute atomic E-state index is 11.1. The maximum Gasteiger partial charge on any atom is 0.257 e. The van der Waals surface area contributed by atoms with Crippen molar-refractivity contribution >= 4 is 10.0 Å². The SMILES string of the molecule is NC1(c2noc(-c3ccc(CS(N)(=O)=O)cc3)n2)CCCC1. The van der Waals surface area contributed by atoms with Gasteiger partial charge in [-0.25, -0.2) is 13.6 Å². The minimum atomic E-state index is -3.54. The van der Waals surface area contributed by atoms with E-state index in [9.17, 15) is 8.42 Å². The van der Waals surface area contributed by atoms with Crippen LogP contribution < -0.4 is 10.9 Å². The molecule has 0 atom stereocenters. The highest BCUT2D eigenvalue weighted by molar-refractivity contribution is 7.88. The van der Waals surface area contributed by atoms with Gasteiger partial charge in [0.2, 0.25) is 10.0 Å². The molecule has 1 aliphatic carbocycles. The second-order valence-electron chi connectivity index (χ2n) is 5.79. The van der Waals surface area contributed by atoms with Gasteiger partial charge < -0.3 is 10.3 Å². The largest absolute Gasteiger partial charge is 0.334 e. The van der Waals surface area contributed by atoms with Gasteiger partial charge in [-0.05, 0) is 30.5 Å². The van der Waals surface area contributed by atoms with Gasteiger partial charge in [-0.2, -0.15) is 4.98 Å². The number of primary sulfonamides is 1. The minimum absolute atomic E-state index is 0.200. The molecule has 3 rings (SSSR count). The molecule has 0 amide bonds. The van der Waals surface area contributed by atoms with Crippen molar-refractivity contribution in [1.82, 2.24) is 10.1 Å². The Morgan fingerprint density at radius 2 is 1.82 bits per heavy atom. The fraction of sp³-hybridized carbons (Fsp3) is 0.429. The highest BCUT2D eigenvalue weighted by Gasteiger charge is 2.36. The summed E-state index contributed by atoms with van der Waals surface area (Å²) in [5.41, 5.74) is 7.14. The molecule has 22 heavy (non-hydrogen) atoms. The van der Waals surface area contributed by atoms with Gasteiger partial charge in [-0.1, -0.05) is 30.1 Å². The summed E-state index contributed by atoms with van der Waals surface area (Å²) in [5, 5.41) is 9.02. The molecule has 0 saturated heterocycles. The van der Waals surface area contributed by atoms with Gasteiger partial charge in [-0.15, -0.1) is 0 Å². The normalized spacial score (nSPS) is 17.7. The predicted octanol–water partition coefficient (Wildman–Crippen LogP) is 1.25. The molecule has 2 aromatic rings. The minimum Gasteiger partial charge on any atom is -0.334 e. The monoisotopic (exact) mass is 322 g/mol. The topological polar surface area (TPSA) is 125 Å². The lowest BCUT2D eigenvalue weighted by Gasteiger charge is -2.17. The third-order valence-corrected chi connectivity index (χ3v) is 4.67. The van der Waals surface area contributed by atoms with Crippen LogP contribution in [0.3, 0.4) is 0 Å². The fourth-order valence-corrected chi connectivity index (χ4v) is 3.41. The van der Waals surface area contributed by atoms with E-state index in [4.69, 9.17) is 15.4 Å². The number of aromatic nitrogens is 2. The quantitative estimate of drug-likeness (QED) is 0.872. The van der Waals surface area contributed by atoms with Crippen LogP contribution in [0.1, 0.15) is 37.1 Å². The van der Waals surface area contributed by atoms with Gasteiger partial charge in [0.05, 0.1) is 11.3 Å². The van der Waals surface area contributed by atoms with Crippen LogP contribution in [0, 0.1) is 0 Å². The zero-order valence-corrected chi connectivity index (χ0v) is 12.8. The van der Waals surface area contributed by atoms with E-state index in [2.05, 4.69) is 10.1 Å². The average molecular weight is 322 g/mol. The molecule has 1 heterocycles. The number of hydrogen-bond acceptors (Lipinski definition) is 6. The molecule has 1 fully saturated rings. The van der Waals surface area contributed by atoms with E-state index in [1.807, 2.05) is 0 Å². The average Bonchev–Trinajstić information content (AvgIpc) is 3.07. The number of nitrogens with zero attached hydrogens (tertiary/aromatic N) is 2. The first kappa shape index (κ1) is 15.1. The van der Waals surface area contributed by atoms with Gasteiger partial charge >= 0.3 is 0 Å². The zero-order valence-electron chi connectivity index (χ0n) is 12.0. The lowest BCUT2D eigenvalue weighted by Crippen LogP contribution is -2.34. The van der Waals surface area contributed by atoms with Gasteiger partial charge in [0.1, 0.15) is 0 Å². The molecule has 0 aliphatic heterocycles. The van der Waals surface area contributed by atoms with Gasteiger partial charge in [0.25, 0.3) is 5.89 Å². The molecule has 7 nitrogen and oxygen atoms in total. The summed E-state index contributed by atoms with van der Waals surface area (Å²) in [5.74, 6) is 0.719. The van der Waals surface area contributed by atoms with Gasteiger partial charge in [-0.3, -0.25) is 0 Å². The van der Waals surface area contributed by atoms with E-state index in [-0.39, 0.29) is 5.75 Å². The summed E-state index contributed by atoms with van der Waals surface area (Å²) in [6, 6.07) is 6.82. The molecule has 1 aliphatic rings. The van der Waals surface area contributed by atoms with Crippen LogP contribution in [0.25, 0.3) is 11.5 Å². The lowest BCUT2D eigenvalue weighted by atomic mass is 9.99. The Morgan fingerprint density at radius 3 is 2.41 bits per heavy atom. The summed E-state index contributed by atoms with van der Waals surface area (Å²) in [6.45, 7) is 0. The second-order valence-corrected chi connectivity index (χ2v) is 7.40. The van der Waals surface area contributed by atoms with Gasteiger partial charge in [0, 0.05) is 5.56 Å². The van der Waals surface area contributed by atoms with Crippen molar-refractivity contribution in [1.29, 1.82) is 0 Å². The molecule has 0 unspecified atom stereocenters. The number of nitrogens with two attached hydrogens (primary N) is 2. The molecule has 1 aromatic heterocycles. The first-order chi connectivity index (χ1) is 10.4. The zero-order chi connectivity index (χ0) is 15.8. The van der Waals surface area contributed by atoms with E-state index in [0.717, 1.165) is 31.2 Å². The van der Waals surface area contributed by atoms with E-state index < -0.39 is 15.6 Å². The summed E-state index contributed by atoms with van der Waals surface area (Å²) in [6.07, 6.45) is 3.86. The first-order valence-electron chi connectivity index (χ1n) is 7.09. The molecule has 0 spiro atoms. The van der Waals surface area contributed by atoms with Crippen molar-refractivity contribution in [3.63, 3.8) is 0 Å². The van der Waals surface area contributed by atoms with Gasteiger partial charge in [0.15, 0.2) is 5.82 Å². The Balaban J connectivity index is 1.81. The Hall–Kier alpha value is -1.77. The Labute approximate surface area is 128 Å². The van der Waals surface area contributed by atoms with Crippen LogP contribution in [-0.4, -0.2) is 18.6 Å². The third kappa shape index (κ3) is 3.18. The molecule has 1 saturated carbocycles. The molecule has 8 heteroatoms. The number of rotatable bonds is 4. The highest BCUT2D eigenvalue weighted by Crippen LogP contribution is 2.35. The van der Waals surface area contributed by atoms with Crippen molar-refractivity contribution in [2.24, 2.45) is 10.9 Å². The number of benzene rings is 1. The number of hydrogen-bond donors (Lipinski definition) is 2. The summed E-state index contributed by atoms with van der Waals surface area (Å²) in [7, 11) is -3.54. The summed E-state index contributed by atoms with van der Waals surface area (Å²) < 4.78 is 27.4. The summed E-state index contributed by atoms with van der Waals surface area (Å²) in [4.78, 5) is 4.39. The molecule has 0 bridgehead atoms. The predicted molar refractivity (Wildman–Crippen MR) is 80.9 cm³/mol. The van der Waals surface area contributed by atoms with Crippen LogP contribution in [0.4, 0.5) is 0 Å². The number of sulfonamides is 1. The Kier molecular flexibility index (Phi) is 3.75. The standard InChI is InChI=1S/C14H18N4O3S/c15-14(7-1-2-8-14)13-17-12(21-18-13)11-5-3-10(4-6-11)9-22(16,19)20/h3-6H,1-2,7-9,15H2,(H2,16,19,20). The van der Waals surface area contributed by atoms with Crippen molar-refractivity contribution in [2.75, 3.05) is 0 Å². The van der Waals surface area contributed by atoms with Crippen molar-refractivity contribution < 1.29 is 12.9 Å². The molecule has 0 radical (unpaired) electrons. The Morgan fingerprint density at radius 1 is 1.18 bits per heavy atom. The third-order valence-electron chi connectivity index (χ3n) is 3.94. The van der Waals surface area contributed by atoms with E-state index in [1.54, 1.807) is 24.3 Å². The molecular weight excluding hydrogens is 304 g/mol. The van der Waals surface area contributed by atoms with E-state index >= 15 is 0 Å². The van der Waals surface area contributed by atoms with Crippen molar-refractivity contribution in [3.05, 3.63) is 35.7 Å². The van der Waals surface area contributed by atoms with Crippen LogP contribution in [0.15, 0.2) is 28.8 Å². The smallest absolute Gasteiger partial charge is 0.257 e. The van der Waals surface area contributed by atoms with Crippen LogP contribution in [0.5, 0.6) is 0 Å². The van der Waals surface area contributed by atoms with Crippen molar-refractivity contribution in [2.45, 2.75) is 37.0 Å². The Bertz CT molecular complexity index is 762. The molecular formula is C14H18N4O3S. The van der Waals surface area contributed by atoms with Crippen LogP contribution >= 0.6 is 0 Å². The highest BCUT2D eigenvalue weighted by atomic mass is 32.2. The molecule has 118 valence electrons. The first-order valence-corrected chi connectivity index (χ1v) is 8.80. The van der Waals surface area contributed by atoms with Crippen LogP contribution in [0.2, 0.25) is 0 Å². The van der Waals surface area contributed by atoms with Crippen LogP contribution in [-0.2, 0) is 21.3 Å². The molecule has 1 aromatic carbocycles. The van der Waals surface area contributed by atoms with Crippen molar-refractivity contribution in [3.8, 4) is 11.5 Å². The fourth-order valence-electron chi connectivity index (χ4n) is 2.75. The summed E-state index contributed by atoms with van der Waals surface area (Å²) >= 11 is 0. The van der Waals surface area contributed by atoms with E-state index in [1.165, 1.54) is 0 Å². The maximum atomic E-state index is 11.1. The van der Waals surface area contributed by atoms with E-state index in [0.29, 0.717) is 17.3 Å². The second kappa shape index (κ2) is 5.45.